The van der Waals surface area contributed by atoms with Crippen LogP contribution in [0.3, 0.4) is 0 Å². The lowest BCUT2D eigenvalue weighted by Crippen LogP contribution is -2.04. The summed E-state index contributed by atoms with van der Waals surface area (Å²) in [5.41, 5.74) is 6.57. The first-order valence-corrected chi connectivity index (χ1v) is 4.51. The number of nitrogens with zero attached hydrogens (tertiary/aromatic N) is 3. The van der Waals surface area contributed by atoms with Crippen molar-refractivity contribution in [1.29, 1.82) is 0 Å². The summed E-state index contributed by atoms with van der Waals surface area (Å²) in [4.78, 5) is 14.7. The Balaban J connectivity index is 2.27. The Morgan fingerprint density at radius 3 is 3.13 bits per heavy atom. The molecule has 0 aromatic carbocycles. The Labute approximate surface area is 85.3 Å². The summed E-state index contributed by atoms with van der Waals surface area (Å²) in [6.45, 7) is 0.452. The second-order valence-electron chi connectivity index (χ2n) is 2.91. The normalized spacial score (nSPS) is 10.7. The van der Waals surface area contributed by atoms with E-state index >= 15 is 0 Å². The zero-order chi connectivity index (χ0) is 10.7. The molecule has 0 saturated carbocycles. The molecule has 2 aromatic heterocycles. The van der Waals surface area contributed by atoms with Gasteiger partial charge in [-0.05, 0) is 0 Å². The van der Waals surface area contributed by atoms with Crippen molar-refractivity contribution in [2.75, 3.05) is 18.9 Å². The van der Waals surface area contributed by atoms with Gasteiger partial charge in [0.1, 0.15) is 5.52 Å². The Hall–Kier alpha value is -1.89. The molecule has 15 heavy (non-hydrogen) atoms. The molecule has 0 aliphatic heterocycles. The molecule has 0 unspecified atom stereocenters. The third-order valence-electron chi connectivity index (χ3n) is 1.81. The Morgan fingerprint density at radius 2 is 2.33 bits per heavy atom. The lowest BCUT2D eigenvalue weighted by Gasteiger charge is -2.04. The SMILES string of the molecule is Nc1nc(OCCCO)c2[nH]cnc2n1. The van der Waals surface area contributed by atoms with Crippen LogP contribution in [-0.2, 0) is 0 Å². The van der Waals surface area contributed by atoms with Crippen molar-refractivity contribution in [2.45, 2.75) is 6.42 Å². The molecule has 0 fully saturated rings. The van der Waals surface area contributed by atoms with Crippen LogP contribution in [0.2, 0.25) is 0 Å². The fraction of sp³-hybridized carbons (Fsp3) is 0.375. The molecule has 4 N–H and O–H groups in total. The molecular formula is C8H11N5O2. The highest BCUT2D eigenvalue weighted by Gasteiger charge is 2.08. The standard InChI is InChI=1S/C8H11N5O2/c9-8-12-6-5(10-4-11-6)7(13-8)15-3-1-2-14/h4,14H,1-3H2,(H3,9,10,11,12,13). The molecule has 0 saturated heterocycles. The summed E-state index contributed by atoms with van der Waals surface area (Å²) >= 11 is 0. The quantitative estimate of drug-likeness (QED) is 0.596. The van der Waals surface area contributed by atoms with Gasteiger partial charge in [0, 0.05) is 13.0 Å². The first-order valence-electron chi connectivity index (χ1n) is 4.51. The molecule has 7 heteroatoms. The number of aliphatic hydroxyl groups is 1. The van der Waals surface area contributed by atoms with Crippen LogP contribution in [0.25, 0.3) is 11.2 Å². The van der Waals surface area contributed by atoms with E-state index in [0.717, 1.165) is 0 Å². The minimum atomic E-state index is 0.0761. The third kappa shape index (κ3) is 1.96. The average molecular weight is 209 g/mol. The van der Waals surface area contributed by atoms with E-state index in [-0.39, 0.29) is 12.6 Å². The molecule has 0 spiro atoms. The predicted molar refractivity (Wildman–Crippen MR) is 53.3 cm³/mol. The molecule has 0 atom stereocenters. The molecule has 80 valence electrons. The predicted octanol–water partition coefficient (Wildman–Crippen LogP) is -0.304. The number of imidazole rings is 1. The Bertz CT molecular complexity index is 455. The molecule has 0 amide bonds. The number of nitrogens with two attached hydrogens (primary N) is 1. The van der Waals surface area contributed by atoms with Gasteiger partial charge in [0.2, 0.25) is 11.8 Å². The Kier molecular flexibility index (Phi) is 2.64. The van der Waals surface area contributed by atoms with Gasteiger partial charge in [-0.25, -0.2) is 4.98 Å². The Morgan fingerprint density at radius 1 is 1.47 bits per heavy atom. The van der Waals surface area contributed by atoms with Crippen LogP contribution in [0.4, 0.5) is 5.95 Å². The monoisotopic (exact) mass is 209 g/mol. The summed E-state index contributed by atoms with van der Waals surface area (Å²) in [7, 11) is 0. The van der Waals surface area contributed by atoms with Crippen molar-refractivity contribution in [3.8, 4) is 5.88 Å². The number of aliphatic hydroxyl groups excluding tert-OH is 1. The minimum Gasteiger partial charge on any atom is -0.476 e. The molecule has 2 heterocycles. The van der Waals surface area contributed by atoms with Crippen molar-refractivity contribution in [3.05, 3.63) is 6.33 Å². The lowest BCUT2D eigenvalue weighted by atomic mass is 10.5. The van der Waals surface area contributed by atoms with Crippen molar-refractivity contribution in [2.24, 2.45) is 0 Å². The van der Waals surface area contributed by atoms with Crippen LogP contribution in [0.5, 0.6) is 5.88 Å². The average Bonchev–Trinajstić information content (AvgIpc) is 2.65. The third-order valence-corrected chi connectivity index (χ3v) is 1.81. The summed E-state index contributed by atoms with van der Waals surface area (Å²) in [5.74, 6) is 0.483. The number of ether oxygens (including phenoxy) is 1. The van der Waals surface area contributed by atoms with E-state index in [1.54, 1.807) is 0 Å². The number of H-pyrrole nitrogens is 1. The number of aromatic amines is 1. The molecule has 7 nitrogen and oxygen atoms in total. The topological polar surface area (TPSA) is 110 Å². The number of aromatic nitrogens is 4. The van der Waals surface area contributed by atoms with Crippen LogP contribution in [0.1, 0.15) is 6.42 Å². The molecular weight excluding hydrogens is 198 g/mol. The number of anilines is 1. The number of nitrogen functional groups attached to an aromatic ring is 1. The van der Waals surface area contributed by atoms with Crippen molar-refractivity contribution in [3.63, 3.8) is 0 Å². The van der Waals surface area contributed by atoms with Gasteiger partial charge >= 0.3 is 0 Å². The van der Waals surface area contributed by atoms with Crippen LogP contribution < -0.4 is 10.5 Å². The lowest BCUT2D eigenvalue weighted by molar-refractivity contribution is 0.230. The highest BCUT2D eigenvalue weighted by atomic mass is 16.5. The number of fused-ring (bicyclic) bond motifs is 1. The second kappa shape index (κ2) is 4.09. The molecule has 0 aliphatic carbocycles. The van der Waals surface area contributed by atoms with E-state index in [0.29, 0.717) is 30.1 Å². The number of hydrogen-bond donors (Lipinski definition) is 3. The molecule has 0 bridgehead atoms. The maximum Gasteiger partial charge on any atom is 0.245 e. The fourth-order valence-electron chi connectivity index (χ4n) is 1.16. The van der Waals surface area contributed by atoms with Gasteiger partial charge in [0.25, 0.3) is 0 Å². The van der Waals surface area contributed by atoms with Gasteiger partial charge in [-0.15, -0.1) is 0 Å². The molecule has 2 rings (SSSR count). The van der Waals surface area contributed by atoms with E-state index in [1.807, 2.05) is 0 Å². The zero-order valence-electron chi connectivity index (χ0n) is 7.97. The van der Waals surface area contributed by atoms with E-state index in [4.69, 9.17) is 15.6 Å². The first-order chi connectivity index (χ1) is 7.31. The van der Waals surface area contributed by atoms with E-state index < -0.39 is 0 Å². The highest BCUT2D eigenvalue weighted by Crippen LogP contribution is 2.19. The fourth-order valence-corrected chi connectivity index (χ4v) is 1.16. The summed E-state index contributed by atoms with van der Waals surface area (Å²) < 4.78 is 5.34. The molecule has 0 aliphatic rings. The number of hydrogen-bond acceptors (Lipinski definition) is 6. The van der Waals surface area contributed by atoms with E-state index in [9.17, 15) is 0 Å². The van der Waals surface area contributed by atoms with Crippen LogP contribution in [-0.4, -0.2) is 38.3 Å². The maximum absolute atomic E-state index is 8.61. The van der Waals surface area contributed by atoms with Gasteiger partial charge in [-0.3, -0.25) is 0 Å². The van der Waals surface area contributed by atoms with Gasteiger partial charge in [0.15, 0.2) is 5.65 Å². The van der Waals surface area contributed by atoms with Gasteiger partial charge in [0.05, 0.1) is 12.9 Å². The first kappa shape index (κ1) is 9.66. The van der Waals surface area contributed by atoms with Crippen LogP contribution >= 0.6 is 0 Å². The molecule has 0 radical (unpaired) electrons. The largest absolute Gasteiger partial charge is 0.476 e. The smallest absolute Gasteiger partial charge is 0.245 e. The van der Waals surface area contributed by atoms with E-state index in [1.165, 1.54) is 6.33 Å². The number of rotatable bonds is 4. The number of nitrogens with one attached hydrogen (secondary N) is 1. The molecule has 2 aromatic rings. The van der Waals surface area contributed by atoms with Crippen molar-refractivity contribution in [1.82, 2.24) is 19.9 Å². The van der Waals surface area contributed by atoms with Crippen LogP contribution in [0, 0.1) is 0 Å². The summed E-state index contributed by atoms with van der Waals surface area (Å²) in [6.07, 6.45) is 2.04. The van der Waals surface area contributed by atoms with Crippen LogP contribution in [0.15, 0.2) is 6.33 Å². The summed E-state index contributed by atoms with van der Waals surface area (Å²) in [5, 5.41) is 8.61. The zero-order valence-corrected chi connectivity index (χ0v) is 7.97. The van der Waals surface area contributed by atoms with Gasteiger partial charge < -0.3 is 20.6 Å². The maximum atomic E-state index is 8.61. The van der Waals surface area contributed by atoms with Crippen molar-refractivity contribution >= 4 is 17.1 Å². The minimum absolute atomic E-state index is 0.0761. The summed E-state index contributed by atoms with van der Waals surface area (Å²) in [6, 6.07) is 0. The van der Waals surface area contributed by atoms with E-state index in [2.05, 4.69) is 19.9 Å². The second-order valence-corrected chi connectivity index (χ2v) is 2.91. The van der Waals surface area contributed by atoms with Crippen molar-refractivity contribution < 1.29 is 9.84 Å². The van der Waals surface area contributed by atoms with Gasteiger partial charge in [-0.1, -0.05) is 0 Å². The highest BCUT2D eigenvalue weighted by molar-refractivity contribution is 5.76. The van der Waals surface area contributed by atoms with Gasteiger partial charge in [-0.2, -0.15) is 9.97 Å².